The zero-order valence-electron chi connectivity index (χ0n) is 16.0. The average molecular weight is 358 g/mol. The molecule has 2 atom stereocenters. The van der Waals surface area contributed by atoms with E-state index in [4.69, 9.17) is 0 Å². The number of nitrogens with zero attached hydrogens (tertiary/aromatic N) is 3. The van der Waals surface area contributed by atoms with E-state index in [0.717, 1.165) is 39.0 Å². The molecule has 6 nitrogen and oxygen atoms in total. The molecule has 2 aliphatic heterocycles. The lowest BCUT2D eigenvalue weighted by atomic mass is 9.91. The van der Waals surface area contributed by atoms with Crippen molar-refractivity contribution in [3.05, 3.63) is 30.1 Å². The van der Waals surface area contributed by atoms with Crippen LogP contribution in [0.25, 0.3) is 0 Å². The lowest BCUT2D eigenvalue weighted by Crippen LogP contribution is -2.47. The minimum absolute atomic E-state index is 0.0558. The molecule has 0 aliphatic carbocycles. The van der Waals surface area contributed by atoms with E-state index in [0.29, 0.717) is 23.4 Å². The third kappa shape index (κ3) is 4.23. The van der Waals surface area contributed by atoms with Crippen LogP contribution in [0.4, 0.5) is 0 Å². The molecule has 0 unspecified atom stereocenters. The van der Waals surface area contributed by atoms with E-state index in [1.807, 2.05) is 4.90 Å². The smallest absolute Gasteiger partial charge is 0.253 e. The van der Waals surface area contributed by atoms with Crippen molar-refractivity contribution in [3.63, 3.8) is 0 Å². The summed E-state index contributed by atoms with van der Waals surface area (Å²) in [6.07, 6.45) is 5.32. The third-order valence-corrected chi connectivity index (χ3v) is 5.83. The Morgan fingerprint density at radius 1 is 1.15 bits per heavy atom. The van der Waals surface area contributed by atoms with Gasteiger partial charge in [-0.2, -0.15) is 0 Å². The van der Waals surface area contributed by atoms with E-state index < -0.39 is 0 Å². The van der Waals surface area contributed by atoms with Crippen LogP contribution < -0.4 is 5.32 Å². The molecule has 26 heavy (non-hydrogen) atoms. The molecule has 3 rings (SSSR count). The zero-order valence-corrected chi connectivity index (χ0v) is 16.0. The Kier molecular flexibility index (Phi) is 5.91. The SMILES string of the molecule is CC(=O)N[C@@H]1CN(C2CCN(C(=O)c3ccncc3)CC2)C[C@H]1C(C)C. The Balaban J connectivity index is 1.56. The summed E-state index contributed by atoms with van der Waals surface area (Å²) < 4.78 is 0. The van der Waals surface area contributed by atoms with Crippen molar-refractivity contribution >= 4 is 11.8 Å². The van der Waals surface area contributed by atoms with E-state index in [1.165, 1.54) is 0 Å². The summed E-state index contributed by atoms with van der Waals surface area (Å²) in [7, 11) is 0. The van der Waals surface area contributed by atoms with Crippen LogP contribution in [0.3, 0.4) is 0 Å². The Labute approximate surface area is 156 Å². The molecular weight excluding hydrogens is 328 g/mol. The molecule has 3 heterocycles. The highest BCUT2D eigenvalue weighted by Crippen LogP contribution is 2.29. The van der Waals surface area contributed by atoms with Crippen molar-refractivity contribution in [2.24, 2.45) is 11.8 Å². The van der Waals surface area contributed by atoms with Gasteiger partial charge in [0.05, 0.1) is 0 Å². The molecule has 2 fully saturated rings. The molecule has 142 valence electrons. The molecule has 1 aromatic rings. The van der Waals surface area contributed by atoms with Crippen molar-refractivity contribution < 1.29 is 9.59 Å². The average Bonchev–Trinajstić information content (AvgIpc) is 3.05. The Morgan fingerprint density at radius 2 is 1.81 bits per heavy atom. The van der Waals surface area contributed by atoms with Gasteiger partial charge in [-0.15, -0.1) is 0 Å². The van der Waals surface area contributed by atoms with Crippen LogP contribution in [0.15, 0.2) is 24.5 Å². The quantitative estimate of drug-likeness (QED) is 0.891. The second-order valence-corrected chi connectivity index (χ2v) is 7.93. The first-order valence-corrected chi connectivity index (χ1v) is 9.66. The Bertz CT molecular complexity index is 626. The van der Waals surface area contributed by atoms with Crippen molar-refractivity contribution in [2.45, 2.75) is 45.7 Å². The molecule has 0 radical (unpaired) electrons. The molecule has 0 saturated carbocycles. The van der Waals surface area contributed by atoms with E-state index >= 15 is 0 Å². The maximum Gasteiger partial charge on any atom is 0.253 e. The lowest BCUT2D eigenvalue weighted by molar-refractivity contribution is -0.119. The fraction of sp³-hybridized carbons (Fsp3) is 0.650. The van der Waals surface area contributed by atoms with Gasteiger partial charge in [-0.3, -0.25) is 19.5 Å². The predicted octanol–water partition coefficient (Wildman–Crippen LogP) is 1.78. The van der Waals surface area contributed by atoms with Gasteiger partial charge in [-0.05, 0) is 36.8 Å². The fourth-order valence-electron chi connectivity index (χ4n) is 4.36. The van der Waals surface area contributed by atoms with Gasteiger partial charge >= 0.3 is 0 Å². The van der Waals surface area contributed by atoms with E-state index in [9.17, 15) is 9.59 Å². The highest BCUT2D eigenvalue weighted by Gasteiger charge is 2.39. The van der Waals surface area contributed by atoms with Crippen LogP contribution in [-0.2, 0) is 4.79 Å². The number of piperidine rings is 1. The van der Waals surface area contributed by atoms with E-state index in [1.54, 1.807) is 31.5 Å². The summed E-state index contributed by atoms with van der Waals surface area (Å²) in [4.78, 5) is 32.6. The molecule has 0 aromatic carbocycles. The third-order valence-electron chi connectivity index (χ3n) is 5.83. The number of hydrogen-bond donors (Lipinski definition) is 1. The number of aromatic nitrogens is 1. The number of nitrogens with one attached hydrogen (secondary N) is 1. The number of rotatable bonds is 4. The highest BCUT2D eigenvalue weighted by atomic mass is 16.2. The van der Waals surface area contributed by atoms with E-state index in [2.05, 4.69) is 29.0 Å². The first kappa shape index (κ1) is 18.8. The first-order chi connectivity index (χ1) is 12.5. The topological polar surface area (TPSA) is 65.5 Å². The fourth-order valence-corrected chi connectivity index (χ4v) is 4.36. The summed E-state index contributed by atoms with van der Waals surface area (Å²) in [5.74, 6) is 1.20. The van der Waals surface area contributed by atoms with Crippen LogP contribution in [0.1, 0.15) is 44.0 Å². The number of hydrogen-bond acceptors (Lipinski definition) is 4. The normalized spacial score (nSPS) is 24.8. The van der Waals surface area contributed by atoms with Gasteiger partial charge in [-0.25, -0.2) is 0 Å². The molecule has 2 amide bonds. The molecule has 0 bridgehead atoms. The van der Waals surface area contributed by atoms with Gasteiger partial charge < -0.3 is 10.2 Å². The number of carbonyl (C=O) groups excluding carboxylic acids is 2. The van der Waals surface area contributed by atoms with Crippen LogP contribution in [-0.4, -0.2) is 64.9 Å². The van der Waals surface area contributed by atoms with Gasteiger partial charge in [0.25, 0.3) is 5.91 Å². The Morgan fingerprint density at radius 3 is 2.38 bits per heavy atom. The van der Waals surface area contributed by atoms with Crippen molar-refractivity contribution in [1.29, 1.82) is 0 Å². The standard InChI is InChI=1S/C20H30N4O2/c1-14(2)18-12-24(13-19(18)22-15(3)25)17-6-10-23(11-7-17)20(26)16-4-8-21-9-5-16/h4-5,8-9,14,17-19H,6-7,10-13H2,1-3H3,(H,22,25)/t18-,19+/m0/s1. The molecule has 1 N–H and O–H groups in total. The van der Waals surface area contributed by atoms with Crippen LogP contribution in [0.5, 0.6) is 0 Å². The van der Waals surface area contributed by atoms with Crippen molar-refractivity contribution in [2.75, 3.05) is 26.2 Å². The summed E-state index contributed by atoms with van der Waals surface area (Å²) in [5, 5.41) is 3.14. The molecule has 2 saturated heterocycles. The second-order valence-electron chi connectivity index (χ2n) is 7.93. The maximum atomic E-state index is 12.6. The van der Waals surface area contributed by atoms with Gasteiger partial charge in [0, 0.05) is 63.1 Å². The van der Waals surface area contributed by atoms with Gasteiger partial charge in [0.15, 0.2) is 0 Å². The molecular formula is C20H30N4O2. The summed E-state index contributed by atoms with van der Waals surface area (Å²) in [6, 6.07) is 4.29. The molecule has 1 aromatic heterocycles. The predicted molar refractivity (Wildman–Crippen MR) is 101 cm³/mol. The monoisotopic (exact) mass is 358 g/mol. The van der Waals surface area contributed by atoms with Gasteiger partial charge in [-0.1, -0.05) is 13.8 Å². The molecule has 0 spiro atoms. The molecule has 2 aliphatic rings. The lowest BCUT2D eigenvalue weighted by Gasteiger charge is -2.37. The minimum atomic E-state index is 0.0558. The first-order valence-electron chi connectivity index (χ1n) is 9.66. The second kappa shape index (κ2) is 8.16. The van der Waals surface area contributed by atoms with Crippen LogP contribution >= 0.6 is 0 Å². The maximum absolute atomic E-state index is 12.6. The van der Waals surface area contributed by atoms with Crippen molar-refractivity contribution in [1.82, 2.24) is 20.1 Å². The van der Waals surface area contributed by atoms with Crippen LogP contribution in [0, 0.1) is 11.8 Å². The van der Waals surface area contributed by atoms with Crippen LogP contribution in [0.2, 0.25) is 0 Å². The summed E-state index contributed by atoms with van der Waals surface area (Å²) in [5.41, 5.74) is 0.713. The number of carbonyl (C=O) groups is 2. The summed E-state index contributed by atoms with van der Waals surface area (Å²) in [6.45, 7) is 9.61. The van der Waals surface area contributed by atoms with Crippen molar-refractivity contribution in [3.8, 4) is 0 Å². The number of pyridine rings is 1. The highest BCUT2D eigenvalue weighted by molar-refractivity contribution is 5.94. The molecule has 6 heteroatoms. The van der Waals surface area contributed by atoms with Gasteiger partial charge in [0.2, 0.25) is 5.91 Å². The Hall–Kier alpha value is -1.95. The zero-order chi connectivity index (χ0) is 18.7. The largest absolute Gasteiger partial charge is 0.352 e. The minimum Gasteiger partial charge on any atom is -0.352 e. The van der Waals surface area contributed by atoms with Gasteiger partial charge in [0.1, 0.15) is 0 Å². The van der Waals surface area contributed by atoms with E-state index in [-0.39, 0.29) is 17.9 Å². The number of likely N-dealkylation sites (tertiary alicyclic amines) is 2. The summed E-state index contributed by atoms with van der Waals surface area (Å²) >= 11 is 0. The number of amides is 2.